The molecule has 0 bridgehead atoms. The van der Waals surface area contributed by atoms with Gasteiger partial charge in [-0.2, -0.15) is 0 Å². The van der Waals surface area contributed by atoms with Crippen LogP contribution in [0.1, 0.15) is 42.3 Å². The molecule has 0 unspecified atom stereocenters. The van der Waals surface area contributed by atoms with Crippen LogP contribution in [0.4, 0.5) is 5.69 Å². The quantitative estimate of drug-likeness (QED) is 0.665. The molecule has 3 aromatic rings. The Balaban J connectivity index is 1.80. The Kier molecular flexibility index (Phi) is 4.71. The minimum atomic E-state index is -0.223. The van der Waals surface area contributed by atoms with Crippen molar-refractivity contribution in [3.05, 3.63) is 60.2 Å². The third-order valence-electron chi connectivity index (χ3n) is 3.88. The summed E-state index contributed by atoms with van der Waals surface area (Å²) in [6.45, 7) is 2.16. The maximum atomic E-state index is 12.5. The number of aromatic nitrogens is 1. The Labute approximate surface area is 135 Å². The van der Waals surface area contributed by atoms with Crippen molar-refractivity contribution in [1.29, 1.82) is 0 Å². The summed E-state index contributed by atoms with van der Waals surface area (Å²) in [7, 11) is 0. The summed E-state index contributed by atoms with van der Waals surface area (Å²) in [6, 6.07) is 11.5. The van der Waals surface area contributed by atoms with E-state index >= 15 is 0 Å². The van der Waals surface area contributed by atoms with Crippen LogP contribution in [0.25, 0.3) is 10.9 Å². The molecule has 1 amide bonds. The number of hydrogen-bond donors (Lipinski definition) is 1. The smallest absolute Gasteiger partial charge is 0.291 e. The van der Waals surface area contributed by atoms with Gasteiger partial charge in [-0.25, -0.2) is 0 Å². The zero-order chi connectivity index (χ0) is 16.1. The summed E-state index contributed by atoms with van der Waals surface area (Å²) in [5, 5.41) is 3.92. The van der Waals surface area contributed by atoms with Gasteiger partial charge in [-0.15, -0.1) is 0 Å². The number of anilines is 1. The van der Waals surface area contributed by atoms with E-state index in [0.29, 0.717) is 11.4 Å². The van der Waals surface area contributed by atoms with Gasteiger partial charge in [0.25, 0.3) is 5.91 Å². The van der Waals surface area contributed by atoms with E-state index in [-0.39, 0.29) is 5.91 Å². The second-order valence-corrected chi connectivity index (χ2v) is 5.57. The predicted molar refractivity (Wildman–Crippen MR) is 91.6 cm³/mol. The number of aryl methyl sites for hydroxylation is 1. The lowest BCUT2D eigenvalue weighted by Crippen LogP contribution is -2.13. The van der Waals surface area contributed by atoms with E-state index in [9.17, 15) is 4.79 Å². The van der Waals surface area contributed by atoms with E-state index in [1.165, 1.54) is 0 Å². The van der Waals surface area contributed by atoms with Crippen LogP contribution in [-0.2, 0) is 6.42 Å². The second-order valence-electron chi connectivity index (χ2n) is 5.57. The molecule has 0 aliphatic carbocycles. The van der Waals surface area contributed by atoms with Crippen LogP contribution in [0, 0.1) is 0 Å². The first-order valence-electron chi connectivity index (χ1n) is 8.01. The number of nitrogens with zero attached hydrogens (tertiary/aromatic N) is 1. The van der Waals surface area contributed by atoms with Crippen molar-refractivity contribution < 1.29 is 9.21 Å². The molecule has 2 aromatic heterocycles. The van der Waals surface area contributed by atoms with E-state index < -0.39 is 0 Å². The van der Waals surface area contributed by atoms with Gasteiger partial charge in [0.15, 0.2) is 5.76 Å². The topological polar surface area (TPSA) is 55.1 Å². The summed E-state index contributed by atoms with van der Waals surface area (Å²) < 4.78 is 5.41. The molecule has 2 heterocycles. The normalized spacial score (nSPS) is 10.8. The first-order chi connectivity index (χ1) is 11.3. The van der Waals surface area contributed by atoms with Crippen LogP contribution in [0.5, 0.6) is 0 Å². The molecule has 1 N–H and O–H groups in total. The monoisotopic (exact) mass is 308 g/mol. The number of rotatable bonds is 6. The molecule has 0 aliphatic heterocycles. The number of unbranched alkanes of at least 4 members (excludes halogenated alkanes) is 2. The van der Waals surface area contributed by atoms with Crippen LogP contribution in [-0.4, -0.2) is 10.9 Å². The minimum absolute atomic E-state index is 0.223. The Hall–Kier alpha value is -2.62. The highest BCUT2D eigenvalue weighted by atomic mass is 16.3. The maximum absolute atomic E-state index is 12.5. The predicted octanol–water partition coefficient (Wildman–Crippen LogP) is 4.81. The van der Waals surface area contributed by atoms with E-state index in [2.05, 4.69) is 17.2 Å². The number of carbonyl (C=O) groups excluding carboxylic acids is 1. The first-order valence-corrected chi connectivity index (χ1v) is 8.01. The summed E-state index contributed by atoms with van der Waals surface area (Å²) in [4.78, 5) is 16.9. The number of benzene rings is 1. The summed E-state index contributed by atoms with van der Waals surface area (Å²) in [6.07, 6.45) is 7.53. The van der Waals surface area contributed by atoms with Gasteiger partial charge in [-0.3, -0.25) is 9.78 Å². The molecule has 23 heavy (non-hydrogen) atoms. The highest BCUT2D eigenvalue weighted by Crippen LogP contribution is 2.22. The molecule has 118 valence electrons. The standard InChI is InChI=1S/C19H20N2O2/c1-2-3-4-7-15-11-13-23-18(15)19(22)21-16-10-5-8-14-9-6-12-20-17(14)16/h5-6,8-13H,2-4,7H2,1H3,(H,21,22). The van der Waals surface area contributed by atoms with Crippen molar-refractivity contribution >= 4 is 22.5 Å². The van der Waals surface area contributed by atoms with Crippen LogP contribution < -0.4 is 5.32 Å². The largest absolute Gasteiger partial charge is 0.459 e. The van der Waals surface area contributed by atoms with Crippen LogP contribution in [0.15, 0.2) is 53.3 Å². The molecule has 0 fully saturated rings. The minimum Gasteiger partial charge on any atom is -0.459 e. The van der Waals surface area contributed by atoms with E-state index in [1.54, 1.807) is 12.5 Å². The molecule has 0 aliphatic rings. The van der Waals surface area contributed by atoms with Gasteiger partial charge in [-0.05, 0) is 31.0 Å². The van der Waals surface area contributed by atoms with E-state index in [0.717, 1.165) is 42.1 Å². The van der Waals surface area contributed by atoms with Crippen molar-refractivity contribution in [2.75, 3.05) is 5.32 Å². The number of furan rings is 1. The Morgan fingerprint density at radius 2 is 2.04 bits per heavy atom. The van der Waals surface area contributed by atoms with Gasteiger partial charge in [0.05, 0.1) is 17.5 Å². The van der Waals surface area contributed by atoms with Gasteiger partial charge in [0.2, 0.25) is 0 Å². The molecular formula is C19H20N2O2. The average Bonchev–Trinajstić information content (AvgIpc) is 3.04. The van der Waals surface area contributed by atoms with Crippen LogP contribution in [0.3, 0.4) is 0 Å². The first kappa shape index (κ1) is 15.3. The number of amides is 1. The molecular weight excluding hydrogens is 288 g/mol. The third kappa shape index (κ3) is 3.42. The van der Waals surface area contributed by atoms with E-state index in [1.807, 2.05) is 36.4 Å². The lowest BCUT2D eigenvalue weighted by Gasteiger charge is -2.08. The van der Waals surface area contributed by atoms with Gasteiger partial charge >= 0.3 is 0 Å². The van der Waals surface area contributed by atoms with Crippen molar-refractivity contribution in [2.24, 2.45) is 0 Å². The van der Waals surface area contributed by atoms with E-state index in [4.69, 9.17) is 4.42 Å². The maximum Gasteiger partial charge on any atom is 0.291 e. The molecule has 0 spiro atoms. The molecule has 3 rings (SSSR count). The molecule has 4 nitrogen and oxygen atoms in total. The van der Waals surface area contributed by atoms with Gasteiger partial charge < -0.3 is 9.73 Å². The number of hydrogen-bond acceptors (Lipinski definition) is 3. The average molecular weight is 308 g/mol. The van der Waals surface area contributed by atoms with Gasteiger partial charge in [-0.1, -0.05) is 38.0 Å². The Bertz CT molecular complexity index is 802. The SMILES string of the molecule is CCCCCc1ccoc1C(=O)Nc1cccc2cccnc12. The number of fused-ring (bicyclic) bond motifs is 1. The highest BCUT2D eigenvalue weighted by molar-refractivity contribution is 6.07. The molecule has 0 radical (unpaired) electrons. The van der Waals surface area contributed by atoms with Crippen molar-refractivity contribution in [2.45, 2.75) is 32.6 Å². The molecule has 4 heteroatoms. The summed E-state index contributed by atoms with van der Waals surface area (Å²) >= 11 is 0. The zero-order valence-corrected chi connectivity index (χ0v) is 13.2. The van der Waals surface area contributed by atoms with Gasteiger partial charge in [0.1, 0.15) is 0 Å². The molecule has 1 aromatic carbocycles. The number of carbonyl (C=O) groups is 1. The third-order valence-corrected chi connectivity index (χ3v) is 3.88. The Morgan fingerprint density at radius 1 is 1.17 bits per heavy atom. The zero-order valence-electron chi connectivity index (χ0n) is 13.2. The summed E-state index contributed by atoms with van der Waals surface area (Å²) in [5.41, 5.74) is 2.44. The lowest BCUT2D eigenvalue weighted by atomic mass is 10.1. The second kappa shape index (κ2) is 7.09. The number of pyridine rings is 1. The van der Waals surface area contributed by atoms with Crippen LogP contribution in [0.2, 0.25) is 0 Å². The number of para-hydroxylation sites is 1. The van der Waals surface area contributed by atoms with Crippen LogP contribution >= 0.6 is 0 Å². The fraction of sp³-hybridized carbons (Fsp3) is 0.263. The fourth-order valence-corrected chi connectivity index (χ4v) is 2.68. The molecule has 0 saturated carbocycles. The van der Waals surface area contributed by atoms with Crippen molar-refractivity contribution in [3.8, 4) is 0 Å². The molecule has 0 saturated heterocycles. The van der Waals surface area contributed by atoms with Gasteiger partial charge in [0, 0.05) is 17.1 Å². The summed E-state index contributed by atoms with van der Waals surface area (Å²) in [5.74, 6) is 0.175. The van der Waals surface area contributed by atoms with Crippen molar-refractivity contribution in [1.82, 2.24) is 4.98 Å². The van der Waals surface area contributed by atoms with Crippen molar-refractivity contribution in [3.63, 3.8) is 0 Å². The fourth-order valence-electron chi connectivity index (χ4n) is 2.68. The Morgan fingerprint density at radius 3 is 2.91 bits per heavy atom. The highest BCUT2D eigenvalue weighted by Gasteiger charge is 2.16. The lowest BCUT2D eigenvalue weighted by molar-refractivity contribution is 0.0995. The molecule has 0 atom stereocenters. The number of nitrogens with one attached hydrogen (secondary N) is 1.